The first-order chi connectivity index (χ1) is 10.1. The van der Waals surface area contributed by atoms with Crippen LogP contribution in [0.4, 0.5) is 0 Å². The summed E-state index contributed by atoms with van der Waals surface area (Å²) in [7, 11) is 2.01. The highest BCUT2D eigenvalue weighted by Crippen LogP contribution is 2.14. The van der Waals surface area contributed by atoms with E-state index in [0.29, 0.717) is 19.1 Å². The van der Waals surface area contributed by atoms with Gasteiger partial charge >= 0.3 is 0 Å². The van der Waals surface area contributed by atoms with E-state index in [1.165, 1.54) is 0 Å². The molecule has 2 N–H and O–H groups in total. The van der Waals surface area contributed by atoms with Crippen molar-refractivity contribution in [3.63, 3.8) is 0 Å². The molecule has 1 unspecified atom stereocenters. The third-order valence-corrected chi connectivity index (χ3v) is 3.83. The average Bonchev–Trinajstić information content (AvgIpc) is 2.82. The van der Waals surface area contributed by atoms with E-state index in [4.69, 9.17) is 10.5 Å². The van der Waals surface area contributed by atoms with Crippen molar-refractivity contribution in [2.24, 2.45) is 17.8 Å². The predicted molar refractivity (Wildman–Crippen MR) is 98.4 cm³/mol. The molecule has 3 rings (SSSR count). The maximum absolute atomic E-state index is 6.09. The number of imidazole rings is 1. The molecule has 0 aliphatic carbocycles. The van der Waals surface area contributed by atoms with Gasteiger partial charge in [-0.15, -0.1) is 24.0 Å². The molecule has 1 aliphatic rings. The number of guanidine groups is 1. The van der Waals surface area contributed by atoms with Crippen LogP contribution in [0.15, 0.2) is 29.3 Å². The fourth-order valence-corrected chi connectivity index (χ4v) is 2.62. The Kier molecular flexibility index (Phi) is 5.63. The minimum Gasteiger partial charge on any atom is -0.375 e. The van der Waals surface area contributed by atoms with Crippen LogP contribution in [-0.2, 0) is 18.3 Å². The number of hydrogen-bond acceptors (Lipinski definition) is 3. The average molecular weight is 415 g/mol. The maximum atomic E-state index is 6.09. The van der Waals surface area contributed by atoms with Crippen LogP contribution in [0.25, 0.3) is 11.0 Å². The quantitative estimate of drug-likeness (QED) is 0.461. The molecule has 0 radical (unpaired) electrons. The fourth-order valence-electron chi connectivity index (χ4n) is 2.62. The molecule has 1 atom stereocenters. The van der Waals surface area contributed by atoms with E-state index >= 15 is 0 Å². The zero-order valence-corrected chi connectivity index (χ0v) is 15.2. The number of hydrogen-bond donors (Lipinski definition) is 1. The third-order valence-electron chi connectivity index (χ3n) is 3.83. The monoisotopic (exact) mass is 415 g/mol. The van der Waals surface area contributed by atoms with Gasteiger partial charge in [-0.25, -0.2) is 9.98 Å². The molecule has 0 saturated carbocycles. The van der Waals surface area contributed by atoms with Crippen molar-refractivity contribution in [1.29, 1.82) is 0 Å². The summed E-state index contributed by atoms with van der Waals surface area (Å²) in [6.07, 6.45) is 0.197. The van der Waals surface area contributed by atoms with Gasteiger partial charge in [0.1, 0.15) is 12.4 Å². The van der Waals surface area contributed by atoms with Gasteiger partial charge in [-0.05, 0) is 19.1 Å². The van der Waals surface area contributed by atoms with Crippen LogP contribution >= 0.6 is 24.0 Å². The molecule has 1 fully saturated rings. The molecule has 7 heteroatoms. The second kappa shape index (κ2) is 7.28. The van der Waals surface area contributed by atoms with E-state index < -0.39 is 0 Å². The molecule has 6 nitrogen and oxygen atoms in total. The number of aliphatic imine (C=N–C) groups is 1. The first-order valence-corrected chi connectivity index (χ1v) is 7.22. The highest BCUT2D eigenvalue weighted by Gasteiger charge is 2.18. The van der Waals surface area contributed by atoms with Crippen LogP contribution in [0.2, 0.25) is 0 Å². The first-order valence-electron chi connectivity index (χ1n) is 7.22. The molecule has 0 amide bonds. The molecule has 0 bridgehead atoms. The van der Waals surface area contributed by atoms with Gasteiger partial charge in [0.05, 0.1) is 23.7 Å². The number of aromatic nitrogens is 2. The molecule has 1 aromatic heterocycles. The summed E-state index contributed by atoms with van der Waals surface area (Å²) < 4.78 is 7.57. The van der Waals surface area contributed by atoms with Gasteiger partial charge in [0.15, 0.2) is 5.96 Å². The minimum atomic E-state index is 0. The number of fused-ring (bicyclic) bond motifs is 1. The van der Waals surface area contributed by atoms with Gasteiger partial charge in [-0.3, -0.25) is 0 Å². The number of benzene rings is 1. The van der Waals surface area contributed by atoms with Crippen LogP contribution in [0.1, 0.15) is 12.7 Å². The molecular weight excluding hydrogens is 393 g/mol. The lowest BCUT2D eigenvalue weighted by molar-refractivity contribution is 0.00528. The largest absolute Gasteiger partial charge is 0.375 e. The Hall–Kier alpha value is -1.35. The van der Waals surface area contributed by atoms with Crippen LogP contribution in [-0.4, -0.2) is 46.2 Å². The molecular formula is C15H22IN5O. The number of para-hydroxylation sites is 2. The fraction of sp³-hybridized carbons (Fsp3) is 0.467. The molecule has 1 aromatic carbocycles. The van der Waals surface area contributed by atoms with Gasteiger partial charge in [0.2, 0.25) is 0 Å². The number of nitrogens with zero attached hydrogens (tertiary/aromatic N) is 4. The third kappa shape index (κ3) is 3.52. The number of rotatable bonds is 2. The zero-order valence-electron chi connectivity index (χ0n) is 12.9. The van der Waals surface area contributed by atoms with E-state index in [0.717, 1.165) is 29.9 Å². The summed E-state index contributed by atoms with van der Waals surface area (Å²) in [6, 6.07) is 8.07. The van der Waals surface area contributed by atoms with Crippen molar-refractivity contribution in [3.05, 3.63) is 30.1 Å². The van der Waals surface area contributed by atoms with Gasteiger partial charge < -0.3 is 19.9 Å². The molecule has 22 heavy (non-hydrogen) atoms. The highest BCUT2D eigenvalue weighted by atomic mass is 127. The van der Waals surface area contributed by atoms with E-state index in [1.807, 2.05) is 32.2 Å². The first kappa shape index (κ1) is 17.0. The molecule has 120 valence electrons. The standard InChI is InChI=1S/C15H21N5O.HI/c1-11-10-20(7-8-21-11)15(16)17-9-14-18-12-5-3-4-6-13(12)19(14)2;/h3-6,11H,7-10H2,1-2H3,(H2,16,17);1H. The molecule has 2 heterocycles. The van der Waals surface area contributed by atoms with E-state index in [2.05, 4.69) is 25.5 Å². The van der Waals surface area contributed by atoms with Crippen LogP contribution in [0, 0.1) is 0 Å². The Morgan fingerprint density at radius 1 is 1.45 bits per heavy atom. The lowest BCUT2D eigenvalue weighted by Crippen LogP contribution is -2.47. The second-order valence-electron chi connectivity index (χ2n) is 5.38. The van der Waals surface area contributed by atoms with Gasteiger partial charge in [-0.2, -0.15) is 0 Å². The van der Waals surface area contributed by atoms with Crippen molar-refractivity contribution < 1.29 is 4.74 Å². The van der Waals surface area contributed by atoms with E-state index in [-0.39, 0.29) is 30.1 Å². The molecule has 1 saturated heterocycles. The topological polar surface area (TPSA) is 68.7 Å². The summed E-state index contributed by atoms with van der Waals surface area (Å²) in [4.78, 5) is 11.2. The van der Waals surface area contributed by atoms with Gasteiger partial charge in [0.25, 0.3) is 0 Å². The lowest BCUT2D eigenvalue weighted by Gasteiger charge is -2.31. The highest BCUT2D eigenvalue weighted by molar-refractivity contribution is 14.0. The summed E-state index contributed by atoms with van der Waals surface area (Å²) in [5.74, 6) is 1.48. The van der Waals surface area contributed by atoms with Gasteiger partial charge in [0, 0.05) is 20.1 Å². The molecule has 0 spiro atoms. The maximum Gasteiger partial charge on any atom is 0.191 e. The van der Waals surface area contributed by atoms with Crippen molar-refractivity contribution >= 4 is 41.0 Å². The second-order valence-corrected chi connectivity index (χ2v) is 5.38. The lowest BCUT2D eigenvalue weighted by atomic mass is 10.3. The Balaban J connectivity index is 0.00000176. The van der Waals surface area contributed by atoms with Crippen molar-refractivity contribution in [2.45, 2.75) is 19.6 Å². The van der Waals surface area contributed by atoms with Crippen molar-refractivity contribution in [3.8, 4) is 0 Å². The summed E-state index contributed by atoms with van der Waals surface area (Å²) in [6.45, 7) is 4.82. The number of halogens is 1. The zero-order chi connectivity index (χ0) is 14.8. The van der Waals surface area contributed by atoms with Crippen LogP contribution in [0.5, 0.6) is 0 Å². The number of morpholine rings is 1. The Bertz CT molecular complexity index is 669. The smallest absolute Gasteiger partial charge is 0.191 e. The minimum absolute atomic E-state index is 0. The van der Waals surface area contributed by atoms with Gasteiger partial charge in [-0.1, -0.05) is 12.1 Å². The summed E-state index contributed by atoms with van der Waals surface area (Å²) in [5.41, 5.74) is 8.19. The SMILES string of the molecule is CC1CN(C(N)=NCc2nc3ccccc3n2C)CCO1.I. The number of aryl methyl sites for hydroxylation is 1. The number of ether oxygens (including phenoxy) is 1. The summed E-state index contributed by atoms with van der Waals surface area (Å²) in [5, 5.41) is 0. The van der Waals surface area contributed by atoms with Crippen LogP contribution < -0.4 is 5.73 Å². The number of nitrogens with two attached hydrogens (primary N) is 1. The Morgan fingerprint density at radius 2 is 2.23 bits per heavy atom. The van der Waals surface area contributed by atoms with Crippen molar-refractivity contribution in [1.82, 2.24) is 14.5 Å². The Morgan fingerprint density at radius 3 is 2.95 bits per heavy atom. The molecule has 1 aliphatic heterocycles. The van der Waals surface area contributed by atoms with Crippen LogP contribution in [0.3, 0.4) is 0 Å². The van der Waals surface area contributed by atoms with E-state index in [9.17, 15) is 0 Å². The summed E-state index contributed by atoms with van der Waals surface area (Å²) >= 11 is 0. The van der Waals surface area contributed by atoms with E-state index in [1.54, 1.807) is 0 Å². The molecule has 2 aromatic rings. The normalized spacial score (nSPS) is 19.3. The van der Waals surface area contributed by atoms with Crippen molar-refractivity contribution in [2.75, 3.05) is 19.7 Å². The predicted octanol–water partition coefficient (Wildman–Crippen LogP) is 1.73. The Labute approximate surface area is 147 Å².